The van der Waals surface area contributed by atoms with Crippen LogP contribution in [-0.2, 0) is 4.74 Å². The molecule has 0 bridgehead atoms. The zero-order valence-electron chi connectivity index (χ0n) is 12.8. The Labute approximate surface area is 132 Å². The van der Waals surface area contributed by atoms with Crippen molar-refractivity contribution in [1.29, 1.82) is 0 Å². The molecule has 2 unspecified atom stereocenters. The van der Waals surface area contributed by atoms with Crippen LogP contribution in [0.2, 0.25) is 0 Å². The number of hydrogen-bond donors (Lipinski definition) is 4. The molecule has 3 heterocycles. The van der Waals surface area contributed by atoms with Gasteiger partial charge < -0.3 is 30.4 Å². The molecule has 122 valence electrons. The SMILES string of the molecule is CC#Cc1cn(C2OC(CO)[C@@H](O)[C@]2(C)O)c2ncnc(N)c12. The van der Waals surface area contributed by atoms with Crippen LogP contribution in [0.3, 0.4) is 0 Å². The van der Waals surface area contributed by atoms with Crippen molar-refractivity contribution in [1.82, 2.24) is 14.5 Å². The number of nitrogens with two attached hydrogens (primary N) is 1. The smallest absolute Gasteiger partial charge is 0.167 e. The molecule has 0 aliphatic carbocycles. The lowest BCUT2D eigenvalue weighted by atomic mass is 9.96. The Bertz CT molecular complexity index is 805. The quantitative estimate of drug-likeness (QED) is 0.544. The maximum absolute atomic E-state index is 10.6. The van der Waals surface area contributed by atoms with Crippen LogP contribution in [0, 0.1) is 11.8 Å². The minimum Gasteiger partial charge on any atom is -0.394 e. The lowest BCUT2D eigenvalue weighted by Crippen LogP contribution is -2.44. The second-order valence-electron chi connectivity index (χ2n) is 5.66. The third-order valence-corrected chi connectivity index (χ3v) is 4.09. The summed E-state index contributed by atoms with van der Waals surface area (Å²) in [5.74, 6) is 5.98. The van der Waals surface area contributed by atoms with Gasteiger partial charge >= 0.3 is 0 Å². The highest BCUT2D eigenvalue weighted by atomic mass is 16.6. The van der Waals surface area contributed by atoms with Gasteiger partial charge in [0.05, 0.1) is 17.6 Å². The van der Waals surface area contributed by atoms with Gasteiger partial charge in [-0.1, -0.05) is 5.92 Å². The van der Waals surface area contributed by atoms with Crippen molar-refractivity contribution in [3.63, 3.8) is 0 Å². The number of aliphatic hydroxyl groups is 3. The van der Waals surface area contributed by atoms with Crippen molar-refractivity contribution in [3.05, 3.63) is 18.1 Å². The average molecular weight is 318 g/mol. The highest BCUT2D eigenvalue weighted by molar-refractivity contribution is 5.92. The molecule has 2 aromatic rings. The molecular formula is C15H18N4O4. The maximum Gasteiger partial charge on any atom is 0.167 e. The normalized spacial score (nSPS) is 30.4. The Kier molecular flexibility index (Phi) is 3.74. The second-order valence-corrected chi connectivity index (χ2v) is 5.66. The highest BCUT2D eigenvalue weighted by Crippen LogP contribution is 2.40. The molecule has 2 aromatic heterocycles. The molecule has 1 aliphatic heterocycles. The number of nitrogen functional groups attached to an aromatic ring is 1. The van der Waals surface area contributed by atoms with Crippen LogP contribution < -0.4 is 5.73 Å². The first kappa shape index (κ1) is 15.7. The van der Waals surface area contributed by atoms with Gasteiger partial charge in [0.2, 0.25) is 0 Å². The number of aromatic nitrogens is 3. The van der Waals surface area contributed by atoms with E-state index in [2.05, 4.69) is 21.8 Å². The molecule has 4 atom stereocenters. The minimum atomic E-state index is -1.62. The van der Waals surface area contributed by atoms with Crippen molar-refractivity contribution in [2.75, 3.05) is 12.3 Å². The van der Waals surface area contributed by atoms with Crippen molar-refractivity contribution in [2.24, 2.45) is 0 Å². The van der Waals surface area contributed by atoms with E-state index in [4.69, 9.17) is 10.5 Å². The first-order valence-corrected chi connectivity index (χ1v) is 7.12. The van der Waals surface area contributed by atoms with Crippen LogP contribution in [0.25, 0.3) is 11.0 Å². The van der Waals surface area contributed by atoms with Crippen LogP contribution in [0.15, 0.2) is 12.5 Å². The molecular weight excluding hydrogens is 300 g/mol. The molecule has 23 heavy (non-hydrogen) atoms. The summed E-state index contributed by atoms with van der Waals surface area (Å²) in [4.78, 5) is 8.17. The van der Waals surface area contributed by atoms with Gasteiger partial charge in [0.25, 0.3) is 0 Å². The fourth-order valence-electron chi connectivity index (χ4n) is 2.91. The molecule has 8 heteroatoms. The summed E-state index contributed by atoms with van der Waals surface area (Å²) in [7, 11) is 0. The molecule has 0 radical (unpaired) electrons. The molecule has 0 spiro atoms. The first-order chi connectivity index (χ1) is 10.9. The molecule has 0 saturated carbocycles. The Morgan fingerprint density at radius 1 is 1.48 bits per heavy atom. The molecule has 0 amide bonds. The highest BCUT2D eigenvalue weighted by Gasteiger charge is 2.53. The zero-order chi connectivity index (χ0) is 16.8. The lowest BCUT2D eigenvalue weighted by molar-refractivity contribution is -0.0948. The number of nitrogens with zero attached hydrogens (tertiary/aromatic N) is 3. The molecule has 5 N–H and O–H groups in total. The van der Waals surface area contributed by atoms with Crippen molar-refractivity contribution in [2.45, 2.75) is 37.9 Å². The summed E-state index contributed by atoms with van der Waals surface area (Å²) in [6.45, 7) is 2.72. The predicted molar refractivity (Wildman–Crippen MR) is 82.1 cm³/mol. The molecule has 1 fully saturated rings. The summed E-state index contributed by atoms with van der Waals surface area (Å²) < 4.78 is 7.19. The molecule has 1 aliphatic rings. The second kappa shape index (κ2) is 5.47. The van der Waals surface area contributed by atoms with E-state index in [1.165, 1.54) is 13.3 Å². The molecule has 3 rings (SSSR count). The van der Waals surface area contributed by atoms with Crippen LogP contribution in [0.4, 0.5) is 5.82 Å². The third-order valence-electron chi connectivity index (χ3n) is 4.09. The van der Waals surface area contributed by atoms with E-state index in [-0.39, 0.29) is 5.82 Å². The number of hydrogen-bond acceptors (Lipinski definition) is 7. The predicted octanol–water partition coefficient (Wildman–Crippen LogP) is -0.613. The fraction of sp³-hybridized carbons (Fsp3) is 0.467. The standard InChI is InChI=1S/C15H18N4O4/c1-3-4-8-5-19(13-10(8)12(16)17-7-18-13)14-15(2,22)11(21)9(6-20)23-14/h5,7,9,11,14,20-22H,6H2,1-2H3,(H2,16,17,18)/t9?,11-,14?,15+/m1/s1. The molecule has 1 saturated heterocycles. The van der Waals surface area contributed by atoms with Crippen LogP contribution in [0.5, 0.6) is 0 Å². The van der Waals surface area contributed by atoms with Crippen LogP contribution in [-0.4, -0.2) is 54.3 Å². The number of rotatable bonds is 2. The lowest BCUT2D eigenvalue weighted by Gasteiger charge is -2.27. The maximum atomic E-state index is 10.6. The Morgan fingerprint density at radius 3 is 2.83 bits per heavy atom. The van der Waals surface area contributed by atoms with E-state index in [9.17, 15) is 15.3 Å². The first-order valence-electron chi connectivity index (χ1n) is 7.12. The molecule has 0 aromatic carbocycles. The van der Waals surface area contributed by atoms with Gasteiger partial charge in [-0.05, 0) is 13.8 Å². The van der Waals surface area contributed by atoms with Crippen LogP contribution >= 0.6 is 0 Å². The topological polar surface area (TPSA) is 127 Å². The number of anilines is 1. The minimum absolute atomic E-state index is 0.267. The summed E-state index contributed by atoms with van der Waals surface area (Å²) >= 11 is 0. The fourth-order valence-corrected chi connectivity index (χ4v) is 2.91. The summed E-state index contributed by atoms with van der Waals surface area (Å²) in [6.07, 6.45) is -0.125. The van der Waals surface area contributed by atoms with Crippen molar-refractivity contribution < 1.29 is 20.1 Å². The van der Waals surface area contributed by atoms with Crippen molar-refractivity contribution >= 4 is 16.9 Å². The largest absolute Gasteiger partial charge is 0.394 e. The Hall–Kier alpha value is -2.18. The van der Waals surface area contributed by atoms with E-state index in [1.54, 1.807) is 17.7 Å². The number of ether oxygens (including phenoxy) is 1. The summed E-state index contributed by atoms with van der Waals surface area (Å²) in [5, 5.41) is 30.6. The van der Waals surface area contributed by atoms with E-state index in [0.717, 1.165) is 0 Å². The van der Waals surface area contributed by atoms with E-state index in [1.807, 2.05) is 0 Å². The van der Waals surface area contributed by atoms with Gasteiger partial charge in [-0.3, -0.25) is 0 Å². The van der Waals surface area contributed by atoms with Gasteiger partial charge in [-0.2, -0.15) is 0 Å². The number of fused-ring (bicyclic) bond motifs is 1. The van der Waals surface area contributed by atoms with E-state index < -0.39 is 30.6 Å². The Balaban J connectivity index is 2.21. The zero-order valence-corrected chi connectivity index (χ0v) is 12.8. The van der Waals surface area contributed by atoms with Gasteiger partial charge in [-0.15, -0.1) is 5.92 Å². The third kappa shape index (κ3) is 2.26. The van der Waals surface area contributed by atoms with E-state index >= 15 is 0 Å². The summed E-state index contributed by atoms with van der Waals surface area (Å²) in [6, 6.07) is 0. The summed E-state index contributed by atoms with van der Waals surface area (Å²) in [5.41, 5.74) is 5.34. The van der Waals surface area contributed by atoms with Crippen molar-refractivity contribution in [3.8, 4) is 11.8 Å². The van der Waals surface area contributed by atoms with Gasteiger partial charge in [0.15, 0.2) is 6.23 Å². The molecule has 8 nitrogen and oxygen atoms in total. The van der Waals surface area contributed by atoms with Gasteiger partial charge in [0.1, 0.15) is 35.6 Å². The van der Waals surface area contributed by atoms with E-state index in [0.29, 0.717) is 16.6 Å². The average Bonchev–Trinajstić information content (AvgIpc) is 2.97. The number of aliphatic hydroxyl groups excluding tert-OH is 2. The Morgan fingerprint density at radius 2 is 2.22 bits per heavy atom. The monoisotopic (exact) mass is 318 g/mol. The van der Waals surface area contributed by atoms with Gasteiger partial charge in [0, 0.05) is 6.20 Å². The van der Waals surface area contributed by atoms with Crippen LogP contribution in [0.1, 0.15) is 25.6 Å². The van der Waals surface area contributed by atoms with Gasteiger partial charge in [-0.25, -0.2) is 9.97 Å².